The van der Waals surface area contributed by atoms with Gasteiger partial charge in [-0.1, -0.05) is 52.0 Å². The minimum Gasteiger partial charge on any atom is -0.483 e. The lowest BCUT2D eigenvalue weighted by molar-refractivity contribution is 0.0817. The number of ether oxygens (including phenoxy) is 1. The molecule has 5 heteroatoms. The second-order valence-corrected chi connectivity index (χ2v) is 8.23. The maximum Gasteiger partial charge on any atom is 0.284 e. The summed E-state index contributed by atoms with van der Waals surface area (Å²) in [5.74, 6) is 0.542. The molecule has 1 aromatic heterocycles. The van der Waals surface area contributed by atoms with Gasteiger partial charge in [-0.3, -0.25) is 4.79 Å². The number of halogens is 1. The molecular weight excluding hydrogens is 416 g/mol. The summed E-state index contributed by atoms with van der Waals surface area (Å²) in [7, 11) is 0. The number of carbonyl (C=O) groups is 1. The number of hydrogen-bond donors (Lipinski definition) is 0. The number of unbranched alkanes of at least 4 members (excludes halogenated alkanes) is 5. The molecule has 1 heterocycles. The van der Waals surface area contributed by atoms with E-state index in [1.54, 1.807) is 0 Å². The van der Waals surface area contributed by atoms with Gasteiger partial charge in [0, 0.05) is 5.69 Å². The number of nitrogens with zero attached hydrogens (tertiary/aromatic N) is 2. The summed E-state index contributed by atoms with van der Waals surface area (Å²) < 4.78 is 8.12. The Bertz CT molecular complexity index is 783. The SMILES string of the molecule is CCCCCCCCc1c(C)nn(C(=O)COc2ccc(CC)cc2Br)c1C. The van der Waals surface area contributed by atoms with Crippen LogP contribution in [0.25, 0.3) is 0 Å². The zero-order valence-corrected chi connectivity index (χ0v) is 19.3. The largest absolute Gasteiger partial charge is 0.483 e. The van der Waals surface area contributed by atoms with Gasteiger partial charge < -0.3 is 4.74 Å². The maximum absolute atomic E-state index is 12.6. The van der Waals surface area contributed by atoms with Gasteiger partial charge in [0.05, 0.1) is 10.2 Å². The Morgan fingerprint density at radius 2 is 1.82 bits per heavy atom. The Balaban J connectivity index is 1.93. The monoisotopic (exact) mass is 448 g/mol. The van der Waals surface area contributed by atoms with E-state index < -0.39 is 0 Å². The van der Waals surface area contributed by atoms with Crippen molar-refractivity contribution in [1.29, 1.82) is 0 Å². The molecule has 0 aliphatic carbocycles. The van der Waals surface area contributed by atoms with Crippen molar-refractivity contribution in [3.63, 3.8) is 0 Å². The highest BCUT2D eigenvalue weighted by atomic mass is 79.9. The fourth-order valence-electron chi connectivity index (χ4n) is 3.44. The molecule has 154 valence electrons. The van der Waals surface area contributed by atoms with Gasteiger partial charge in [-0.2, -0.15) is 5.10 Å². The second-order valence-electron chi connectivity index (χ2n) is 7.38. The first-order chi connectivity index (χ1) is 13.5. The van der Waals surface area contributed by atoms with Crippen molar-refractivity contribution in [2.75, 3.05) is 6.61 Å². The molecule has 0 N–H and O–H groups in total. The van der Waals surface area contributed by atoms with Crippen LogP contribution in [0.2, 0.25) is 0 Å². The van der Waals surface area contributed by atoms with Crippen LogP contribution in [0.15, 0.2) is 22.7 Å². The van der Waals surface area contributed by atoms with Crippen molar-refractivity contribution < 1.29 is 9.53 Å². The Kier molecular flexibility index (Phi) is 9.23. The summed E-state index contributed by atoms with van der Waals surface area (Å²) in [5, 5.41) is 4.48. The topological polar surface area (TPSA) is 44.1 Å². The van der Waals surface area contributed by atoms with Crippen molar-refractivity contribution in [2.45, 2.75) is 79.1 Å². The van der Waals surface area contributed by atoms with Crippen LogP contribution in [0.5, 0.6) is 5.75 Å². The Morgan fingerprint density at radius 1 is 1.11 bits per heavy atom. The molecule has 1 aromatic carbocycles. The van der Waals surface area contributed by atoms with Crippen molar-refractivity contribution in [1.82, 2.24) is 9.78 Å². The predicted octanol–water partition coefficient (Wildman–Crippen LogP) is 6.45. The van der Waals surface area contributed by atoms with E-state index in [-0.39, 0.29) is 12.5 Å². The van der Waals surface area contributed by atoms with E-state index in [1.807, 2.05) is 32.0 Å². The summed E-state index contributed by atoms with van der Waals surface area (Å²) in [6, 6.07) is 5.95. The molecule has 4 nitrogen and oxygen atoms in total. The molecule has 0 radical (unpaired) electrons. The highest BCUT2D eigenvalue weighted by Crippen LogP contribution is 2.26. The van der Waals surface area contributed by atoms with Gasteiger partial charge in [0.2, 0.25) is 0 Å². The van der Waals surface area contributed by atoms with E-state index >= 15 is 0 Å². The molecule has 2 rings (SSSR count). The zero-order valence-electron chi connectivity index (χ0n) is 17.7. The summed E-state index contributed by atoms with van der Waals surface area (Å²) in [5.41, 5.74) is 4.33. The molecule has 0 saturated heterocycles. The van der Waals surface area contributed by atoms with Gasteiger partial charge in [-0.25, -0.2) is 4.68 Å². The van der Waals surface area contributed by atoms with Gasteiger partial charge in [-0.05, 0) is 72.3 Å². The Morgan fingerprint density at radius 3 is 2.50 bits per heavy atom. The summed E-state index contributed by atoms with van der Waals surface area (Å²) in [4.78, 5) is 12.6. The van der Waals surface area contributed by atoms with Crippen molar-refractivity contribution in [2.24, 2.45) is 0 Å². The van der Waals surface area contributed by atoms with E-state index in [1.165, 1.54) is 47.9 Å². The third-order valence-corrected chi connectivity index (χ3v) is 5.83. The normalized spacial score (nSPS) is 11.0. The molecule has 2 aromatic rings. The van der Waals surface area contributed by atoms with Gasteiger partial charge in [0.1, 0.15) is 5.75 Å². The fraction of sp³-hybridized carbons (Fsp3) is 0.565. The molecule has 0 spiro atoms. The quantitative estimate of drug-likeness (QED) is 0.371. The van der Waals surface area contributed by atoms with Gasteiger partial charge >= 0.3 is 0 Å². The van der Waals surface area contributed by atoms with Crippen LogP contribution in [-0.4, -0.2) is 22.3 Å². The molecule has 0 unspecified atom stereocenters. The van der Waals surface area contributed by atoms with Crippen molar-refractivity contribution in [3.05, 3.63) is 45.2 Å². The number of rotatable bonds is 11. The Labute approximate surface area is 177 Å². The van der Waals surface area contributed by atoms with Crippen LogP contribution >= 0.6 is 15.9 Å². The minimum absolute atomic E-state index is 0.0253. The van der Waals surface area contributed by atoms with Crippen molar-refractivity contribution in [3.8, 4) is 5.75 Å². The first-order valence-electron chi connectivity index (χ1n) is 10.5. The highest BCUT2D eigenvalue weighted by Gasteiger charge is 2.17. The molecule has 0 aliphatic heterocycles. The summed E-state index contributed by atoms with van der Waals surface area (Å²) in [6.07, 6.45) is 9.54. The molecule has 0 fully saturated rings. The standard InChI is InChI=1S/C23H33BrN2O2/c1-5-7-8-9-10-11-12-20-17(3)25-26(18(20)4)23(27)16-28-22-14-13-19(6-2)15-21(22)24/h13-15H,5-12,16H2,1-4H3. The fourth-order valence-corrected chi connectivity index (χ4v) is 3.98. The van der Waals surface area contributed by atoms with Gasteiger partial charge in [-0.15, -0.1) is 0 Å². The number of aryl methyl sites for hydroxylation is 2. The van der Waals surface area contributed by atoms with E-state index in [0.717, 1.165) is 35.1 Å². The average molecular weight is 449 g/mol. The van der Waals surface area contributed by atoms with E-state index in [2.05, 4.69) is 34.9 Å². The smallest absolute Gasteiger partial charge is 0.284 e. The van der Waals surface area contributed by atoms with E-state index in [9.17, 15) is 4.79 Å². The molecule has 0 bridgehead atoms. The highest BCUT2D eigenvalue weighted by molar-refractivity contribution is 9.10. The van der Waals surface area contributed by atoms with Crippen LogP contribution in [0.1, 0.15) is 79.7 Å². The third-order valence-electron chi connectivity index (χ3n) is 5.21. The molecule has 0 saturated carbocycles. The number of aromatic nitrogens is 2. The lowest BCUT2D eigenvalue weighted by Crippen LogP contribution is -2.22. The van der Waals surface area contributed by atoms with Gasteiger partial charge in [0.15, 0.2) is 6.61 Å². The third kappa shape index (κ3) is 6.20. The number of benzene rings is 1. The Hall–Kier alpha value is -1.62. The minimum atomic E-state index is -0.138. The summed E-state index contributed by atoms with van der Waals surface area (Å²) in [6.45, 7) is 8.29. The lowest BCUT2D eigenvalue weighted by Gasteiger charge is -2.09. The second kappa shape index (κ2) is 11.4. The van der Waals surface area contributed by atoms with Gasteiger partial charge in [0.25, 0.3) is 5.91 Å². The van der Waals surface area contributed by atoms with E-state index in [0.29, 0.717) is 5.75 Å². The van der Waals surface area contributed by atoms with E-state index in [4.69, 9.17) is 4.74 Å². The van der Waals surface area contributed by atoms with Crippen LogP contribution in [0.4, 0.5) is 0 Å². The predicted molar refractivity (Wildman–Crippen MR) is 118 cm³/mol. The van der Waals surface area contributed by atoms with Crippen LogP contribution in [0.3, 0.4) is 0 Å². The molecule has 0 amide bonds. The maximum atomic E-state index is 12.6. The molecule has 28 heavy (non-hydrogen) atoms. The van der Waals surface area contributed by atoms with Crippen LogP contribution in [-0.2, 0) is 12.8 Å². The first-order valence-corrected chi connectivity index (χ1v) is 11.3. The summed E-state index contributed by atoms with van der Waals surface area (Å²) >= 11 is 3.52. The van der Waals surface area contributed by atoms with Crippen LogP contribution < -0.4 is 4.74 Å². The number of carbonyl (C=O) groups excluding carboxylic acids is 1. The van der Waals surface area contributed by atoms with Crippen LogP contribution in [0, 0.1) is 13.8 Å². The molecule has 0 aliphatic rings. The first kappa shape index (κ1) is 22.7. The lowest BCUT2D eigenvalue weighted by atomic mass is 10.0. The average Bonchev–Trinajstić information content (AvgIpc) is 2.97. The zero-order chi connectivity index (χ0) is 20.5. The molecular formula is C23H33BrN2O2. The molecule has 0 atom stereocenters. The number of hydrogen-bond acceptors (Lipinski definition) is 3. The van der Waals surface area contributed by atoms with Crippen molar-refractivity contribution >= 4 is 21.8 Å².